The molecule has 0 aliphatic rings. The van der Waals surface area contributed by atoms with Crippen LogP contribution in [0, 0.1) is 13.8 Å². The summed E-state index contributed by atoms with van der Waals surface area (Å²) in [6.07, 6.45) is 0. The van der Waals surface area contributed by atoms with Crippen LogP contribution < -0.4 is 9.60 Å². The van der Waals surface area contributed by atoms with Crippen LogP contribution in [0.4, 0.5) is 0 Å². The summed E-state index contributed by atoms with van der Waals surface area (Å²) < 4.78 is 30.7. The molecule has 0 aliphatic carbocycles. The van der Waals surface area contributed by atoms with E-state index >= 15 is 0 Å². The standard InChI is InChI=1S/C16H20N4O3S2/c1-5-20-11(4)15(9(2)18-20)10(3)19-25(22,23)12-6-7-13-14(8-12)24-16(21)17-13/h6-8,10,19H,5H2,1-4H3,(H,17,21)/t10-/m0/s1. The summed E-state index contributed by atoms with van der Waals surface area (Å²) in [5, 5.41) is 4.44. The van der Waals surface area contributed by atoms with Gasteiger partial charge in [-0.25, -0.2) is 13.1 Å². The van der Waals surface area contributed by atoms with E-state index in [-0.39, 0.29) is 9.77 Å². The van der Waals surface area contributed by atoms with Crippen molar-refractivity contribution < 1.29 is 8.42 Å². The lowest BCUT2D eigenvalue weighted by Gasteiger charge is -2.15. The zero-order valence-electron chi connectivity index (χ0n) is 14.5. The van der Waals surface area contributed by atoms with Crippen molar-refractivity contribution in [1.82, 2.24) is 19.5 Å². The van der Waals surface area contributed by atoms with E-state index in [9.17, 15) is 13.2 Å². The van der Waals surface area contributed by atoms with Crippen LogP contribution in [-0.4, -0.2) is 23.2 Å². The highest BCUT2D eigenvalue weighted by Gasteiger charge is 2.23. The third kappa shape index (κ3) is 3.26. The molecular formula is C16H20N4O3S2. The Labute approximate surface area is 149 Å². The molecule has 0 fully saturated rings. The Morgan fingerprint density at radius 3 is 2.72 bits per heavy atom. The van der Waals surface area contributed by atoms with Crippen molar-refractivity contribution in [3.8, 4) is 0 Å². The molecule has 2 N–H and O–H groups in total. The number of rotatable bonds is 5. The predicted octanol–water partition coefficient (Wildman–Crippen LogP) is 2.46. The lowest BCUT2D eigenvalue weighted by atomic mass is 10.1. The maximum absolute atomic E-state index is 12.7. The molecule has 0 radical (unpaired) electrons. The van der Waals surface area contributed by atoms with Gasteiger partial charge in [0.05, 0.1) is 20.8 Å². The minimum absolute atomic E-state index is 0.139. The second-order valence-corrected chi connectivity index (χ2v) is 8.64. The number of aryl methyl sites for hydroxylation is 2. The number of fused-ring (bicyclic) bond motifs is 1. The SMILES string of the molecule is CCn1nc(C)c([C@H](C)NS(=O)(=O)c2ccc3[nH]c(=O)sc3c2)c1C. The van der Waals surface area contributed by atoms with E-state index in [0.717, 1.165) is 34.8 Å². The fraction of sp³-hybridized carbons (Fsp3) is 0.375. The van der Waals surface area contributed by atoms with Gasteiger partial charge in [-0.05, 0) is 45.9 Å². The van der Waals surface area contributed by atoms with Crippen molar-refractivity contribution in [2.24, 2.45) is 0 Å². The van der Waals surface area contributed by atoms with Crippen molar-refractivity contribution in [2.75, 3.05) is 0 Å². The van der Waals surface area contributed by atoms with Gasteiger partial charge in [0.2, 0.25) is 10.0 Å². The molecule has 0 aliphatic heterocycles. The van der Waals surface area contributed by atoms with E-state index in [4.69, 9.17) is 0 Å². The number of hydrogen-bond donors (Lipinski definition) is 2. The topological polar surface area (TPSA) is 96.8 Å². The molecule has 134 valence electrons. The first-order chi connectivity index (χ1) is 11.7. The van der Waals surface area contributed by atoms with Crippen LogP contribution in [-0.2, 0) is 16.6 Å². The summed E-state index contributed by atoms with van der Waals surface area (Å²) >= 11 is 0.992. The quantitative estimate of drug-likeness (QED) is 0.710. The minimum atomic E-state index is -3.72. The summed E-state index contributed by atoms with van der Waals surface area (Å²) in [4.78, 5) is 14.0. The Balaban J connectivity index is 1.94. The number of aromatic amines is 1. The first-order valence-electron chi connectivity index (χ1n) is 7.92. The average Bonchev–Trinajstić information content (AvgIpc) is 3.04. The normalized spacial score (nSPS) is 13.4. The Hall–Kier alpha value is -1.97. The largest absolute Gasteiger partial charge is 0.312 e. The van der Waals surface area contributed by atoms with Gasteiger partial charge in [0.15, 0.2) is 0 Å². The second kappa shape index (κ2) is 6.40. The zero-order valence-corrected chi connectivity index (χ0v) is 16.1. The molecule has 0 spiro atoms. The van der Waals surface area contributed by atoms with Crippen LogP contribution in [0.3, 0.4) is 0 Å². The Morgan fingerprint density at radius 1 is 1.36 bits per heavy atom. The molecule has 0 amide bonds. The molecule has 9 heteroatoms. The number of benzene rings is 1. The van der Waals surface area contributed by atoms with Gasteiger partial charge in [-0.1, -0.05) is 11.3 Å². The molecule has 0 saturated carbocycles. The molecule has 1 atom stereocenters. The Kier molecular flexibility index (Phi) is 4.56. The van der Waals surface area contributed by atoms with E-state index in [0.29, 0.717) is 10.2 Å². The molecular weight excluding hydrogens is 360 g/mol. The van der Waals surface area contributed by atoms with E-state index in [1.165, 1.54) is 12.1 Å². The van der Waals surface area contributed by atoms with Crippen LogP contribution in [0.2, 0.25) is 0 Å². The van der Waals surface area contributed by atoms with Crippen LogP contribution in [0.1, 0.15) is 36.8 Å². The second-order valence-electron chi connectivity index (χ2n) is 5.92. The van der Waals surface area contributed by atoms with Crippen LogP contribution >= 0.6 is 11.3 Å². The van der Waals surface area contributed by atoms with Crippen LogP contribution in [0.5, 0.6) is 0 Å². The zero-order chi connectivity index (χ0) is 18.4. The molecule has 1 aromatic carbocycles. The molecule has 0 unspecified atom stereocenters. The summed E-state index contributed by atoms with van der Waals surface area (Å²) in [6.45, 7) is 8.35. The maximum Gasteiger partial charge on any atom is 0.305 e. The first kappa shape index (κ1) is 17.8. The molecule has 2 heterocycles. The van der Waals surface area contributed by atoms with Gasteiger partial charge in [-0.2, -0.15) is 5.10 Å². The maximum atomic E-state index is 12.7. The van der Waals surface area contributed by atoms with Gasteiger partial charge in [-0.3, -0.25) is 9.48 Å². The summed E-state index contributed by atoms with van der Waals surface area (Å²) in [5.41, 5.74) is 3.29. The highest BCUT2D eigenvalue weighted by Crippen LogP contribution is 2.25. The summed E-state index contributed by atoms with van der Waals surface area (Å²) in [5.74, 6) is 0. The van der Waals surface area contributed by atoms with Crippen molar-refractivity contribution in [3.63, 3.8) is 0 Å². The van der Waals surface area contributed by atoms with Crippen molar-refractivity contribution in [3.05, 3.63) is 44.8 Å². The molecule has 2 aromatic heterocycles. The highest BCUT2D eigenvalue weighted by atomic mass is 32.2. The number of aromatic nitrogens is 3. The van der Waals surface area contributed by atoms with E-state index in [2.05, 4.69) is 14.8 Å². The van der Waals surface area contributed by atoms with Gasteiger partial charge in [0.25, 0.3) is 0 Å². The number of nitrogens with one attached hydrogen (secondary N) is 2. The van der Waals surface area contributed by atoms with E-state index in [1.54, 1.807) is 6.07 Å². The number of thiazole rings is 1. The Morgan fingerprint density at radius 2 is 2.08 bits per heavy atom. The number of H-pyrrole nitrogens is 1. The molecule has 0 bridgehead atoms. The van der Waals surface area contributed by atoms with Gasteiger partial charge in [0, 0.05) is 23.8 Å². The average molecular weight is 380 g/mol. The van der Waals surface area contributed by atoms with Gasteiger partial charge >= 0.3 is 4.87 Å². The smallest absolute Gasteiger partial charge is 0.305 e. The van der Waals surface area contributed by atoms with Gasteiger partial charge < -0.3 is 4.98 Å². The predicted molar refractivity (Wildman–Crippen MR) is 98.6 cm³/mol. The monoisotopic (exact) mass is 380 g/mol. The highest BCUT2D eigenvalue weighted by molar-refractivity contribution is 7.89. The van der Waals surface area contributed by atoms with Gasteiger partial charge in [-0.15, -0.1) is 0 Å². The molecule has 0 saturated heterocycles. The molecule has 7 nitrogen and oxygen atoms in total. The van der Waals surface area contributed by atoms with Crippen molar-refractivity contribution in [1.29, 1.82) is 0 Å². The van der Waals surface area contributed by atoms with Gasteiger partial charge in [0.1, 0.15) is 0 Å². The van der Waals surface area contributed by atoms with Crippen LogP contribution in [0.15, 0.2) is 27.9 Å². The lowest BCUT2D eigenvalue weighted by Crippen LogP contribution is -2.27. The van der Waals surface area contributed by atoms with E-state index in [1.807, 2.05) is 32.4 Å². The Bertz CT molecular complexity index is 1090. The number of hydrogen-bond acceptors (Lipinski definition) is 5. The minimum Gasteiger partial charge on any atom is -0.312 e. The van der Waals surface area contributed by atoms with Crippen LogP contribution in [0.25, 0.3) is 10.2 Å². The summed E-state index contributed by atoms with van der Waals surface area (Å²) in [7, 11) is -3.72. The van der Waals surface area contributed by atoms with Crippen molar-refractivity contribution >= 4 is 31.6 Å². The molecule has 3 aromatic rings. The third-order valence-corrected chi connectivity index (χ3v) is 6.59. The van der Waals surface area contributed by atoms with E-state index < -0.39 is 16.1 Å². The fourth-order valence-electron chi connectivity index (χ4n) is 3.10. The molecule has 25 heavy (non-hydrogen) atoms. The summed E-state index contributed by atoms with van der Waals surface area (Å²) in [6, 6.07) is 4.21. The third-order valence-electron chi connectivity index (χ3n) is 4.20. The number of sulfonamides is 1. The fourth-order valence-corrected chi connectivity index (χ4v) is 5.19. The first-order valence-corrected chi connectivity index (χ1v) is 10.2. The molecule has 3 rings (SSSR count). The van der Waals surface area contributed by atoms with Crippen molar-refractivity contribution in [2.45, 2.75) is 45.2 Å². The number of nitrogens with zero attached hydrogens (tertiary/aromatic N) is 2. The lowest BCUT2D eigenvalue weighted by molar-refractivity contribution is 0.565.